The molecule has 0 bridgehead atoms. The minimum atomic E-state index is -0.876. The van der Waals surface area contributed by atoms with Crippen molar-refractivity contribution in [2.45, 2.75) is 25.7 Å². The maximum Gasteiger partial charge on any atom is 0.307 e. The van der Waals surface area contributed by atoms with E-state index in [1.807, 2.05) is 0 Å². The first-order chi connectivity index (χ1) is 8.66. The molecule has 1 amide bonds. The fourth-order valence-corrected chi connectivity index (χ4v) is 2.25. The molecule has 0 aromatic heterocycles. The van der Waals surface area contributed by atoms with E-state index in [4.69, 9.17) is 14.9 Å². The van der Waals surface area contributed by atoms with Crippen molar-refractivity contribution in [2.75, 3.05) is 26.4 Å². The Balaban J connectivity index is 2.18. The predicted molar refractivity (Wildman–Crippen MR) is 64.0 cm³/mol. The quantitative estimate of drug-likeness (QED) is 0.533. The van der Waals surface area contributed by atoms with Gasteiger partial charge in [-0.25, -0.2) is 0 Å². The third-order valence-electron chi connectivity index (χ3n) is 3.17. The van der Waals surface area contributed by atoms with Crippen LogP contribution in [0.1, 0.15) is 25.7 Å². The molecule has 3 N–H and O–H groups in total. The summed E-state index contributed by atoms with van der Waals surface area (Å²) in [7, 11) is 0. The molecule has 0 aromatic rings. The first-order valence-corrected chi connectivity index (χ1v) is 6.36. The summed E-state index contributed by atoms with van der Waals surface area (Å²) in [6, 6.07) is 0. The van der Waals surface area contributed by atoms with Gasteiger partial charge in [-0.05, 0) is 19.3 Å². The third-order valence-corrected chi connectivity index (χ3v) is 3.17. The number of aliphatic hydroxyl groups excluding tert-OH is 1. The highest BCUT2D eigenvalue weighted by Gasteiger charge is 2.37. The number of rotatable bonds is 8. The Kier molecular flexibility index (Phi) is 6.67. The van der Waals surface area contributed by atoms with Crippen molar-refractivity contribution in [3.05, 3.63) is 0 Å². The second-order valence-electron chi connectivity index (χ2n) is 4.46. The zero-order chi connectivity index (χ0) is 13.4. The molecule has 0 radical (unpaired) electrons. The summed E-state index contributed by atoms with van der Waals surface area (Å²) in [6.45, 7) is 1.26. The molecule has 1 fully saturated rings. The van der Waals surface area contributed by atoms with Crippen LogP contribution in [0.2, 0.25) is 0 Å². The molecule has 1 aliphatic carbocycles. The van der Waals surface area contributed by atoms with Crippen LogP contribution in [0.25, 0.3) is 0 Å². The number of aliphatic carboxylic acids is 1. The summed E-state index contributed by atoms with van der Waals surface area (Å²) in [5.41, 5.74) is 0. The number of hydrogen-bond donors (Lipinski definition) is 3. The highest BCUT2D eigenvalue weighted by molar-refractivity contribution is 5.85. The summed E-state index contributed by atoms with van der Waals surface area (Å²) in [6.07, 6.45) is 2.71. The summed E-state index contributed by atoms with van der Waals surface area (Å²) in [5, 5.41) is 20.2. The fourth-order valence-electron chi connectivity index (χ4n) is 2.25. The molecule has 2 atom stereocenters. The number of aliphatic hydroxyl groups is 1. The maximum absolute atomic E-state index is 11.8. The maximum atomic E-state index is 11.8. The van der Waals surface area contributed by atoms with Crippen LogP contribution in [0, 0.1) is 11.8 Å². The van der Waals surface area contributed by atoms with E-state index in [1.165, 1.54) is 0 Å². The minimum Gasteiger partial charge on any atom is -0.481 e. The number of amides is 1. The van der Waals surface area contributed by atoms with Gasteiger partial charge >= 0.3 is 5.97 Å². The second kappa shape index (κ2) is 8.05. The van der Waals surface area contributed by atoms with Crippen LogP contribution in [-0.2, 0) is 14.3 Å². The van der Waals surface area contributed by atoms with Gasteiger partial charge in [0.1, 0.15) is 0 Å². The molecule has 1 saturated carbocycles. The van der Waals surface area contributed by atoms with Gasteiger partial charge in [0, 0.05) is 13.2 Å². The van der Waals surface area contributed by atoms with Crippen molar-refractivity contribution in [1.82, 2.24) is 5.32 Å². The number of carbonyl (C=O) groups excluding carboxylic acids is 1. The van der Waals surface area contributed by atoms with Gasteiger partial charge in [0.2, 0.25) is 5.91 Å². The largest absolute Gasteiger partial charge is 0.481 e. The summed E-state index contributed by atoms with van der Waals surface area (Å²) < 4.78 is 5.05. The van der Waals surface area contributed by atoms with Gasteiger partial charge < -0.3 is 20.3 Å². The molecular formula is C12H21NO5. The van der Waals surface area contributed by atoms with E-state index in [-0.39, 0.29) is 18.4 Å². The number of hydrogen-bond acceptors (Lipinski definition) is 4. The standard InChI is InChI=1S/C12H21NO5/c14-6-8-18-7-2-5-13-11(15)9-3-1-4-10(9)12(16)17/h9-10,14H,1-8H2,(H,13,15)(H,16,17). The Bertz CT molecular complexity index is 282. The highest BCUT2D eigenvalue weighted by atomic mass is 16.5. The van der Waals surface area contributed by atoms with Gasteiger partial charge in [-0.1, -0.05) is 6.42 Å². The number of carbonyl (C=O) groups is 2. The van der Waals surface area contributed by atoms with Gasteiger partial charge in [-0.2, -0.15) is 0 Å². The molecule has 0 spiro atoms. The summed E-state index contributed by atoms with van der Waals surface area (Å²) >= 11 is 0. The topological polar surface area (TPSA) is 95.9 Å². The molecule has 0 aliphatic heterocycles. The average molecular weight is 259 g/mol. The molecule has 1 rings (SSSR count). The van der Waals surface area contributed by atoms with E-state index < -0.39 is 11.9 Å². The smallest absolute Gasteiger partial charge is 0.307 e. The third kappa shape index (κ3) is 4.62. The molecule has 104 valence electrons. The van der Waals surface area contributed by atoms with E-state index in [0.717, 1.165) is 6.42 Å². The summed E-state index contributed by atoms with van der Waals surface area (Å²) in [4.78, 5) is 22.7. The zero-order valence-electron chi connectivity index (χ0n) is 10.4. The van der Waals surface area contributed by atoms with Crippen LogP contribution >= 0.6 is 0 Å². The molecule has 2 unspecified atom stereocenters. The average Bonchev–Trinajstić information content (AvgIpc) is 2.82. The van der Waals surface area contributed by atoms with Gasteiger partial charge in [-0.3, -0.25) is 9.59 Å². The van der Waals surface area contributed by atoms with Crippen LogP contribution in [0.3, 0.4) is 0 Å². The van der Waals surface area contributed by atoms with Crippen LogP contribution in [0.15, 0.2) is 0 Å². The number of ether oxygens (including phenoxy) is 1. The monoisotopic (exact) mass is 259 g/mol. The first-order valence-electron chi connectivity index (χ1n) is 6.36. The minimum absolute atomic E-state index is 0.00523. The Morgan fingerprint density at radius 1 is 1.22 bits per heavy atom. The van der Waals surface area contributed by atoms with Gasteiger partial charge in [0.25, 0.3) is 0 Å². The van der Waals surface area contributed by atoms with Crippen LogP contribution < -0.4 is 5.32 Å². The lowest BCUT2D eigenvalue weighted by Gasteiger charge is -2.15. The summed E-state index contributed by atoms with van der Waals surface area (Å²) in [5.74, 6) is -1.96. The number of nitrogens with one attached hydrogen (secondary N) is 1. The van der Waals surface area contributed by atoms with Crippen molar-refractivity contribution in [3.8, 4) is 0 Å². The lowest BCUT2D eigenvalue weighted by atomic mass is 9.95. The van der Waals surface area contributed by atoms with E-state index in [1.54, 1.807) is 0 Å². The lowest BCUT2D eigenvalue weighted by molar-refractivity contribution is -0.146. The molecule has 1 aliphatic rings. The van der Waals surface area contributed by atoms with Crippen LogP contribution in [-0.4, -0.2) is 48.5 Å². The van der Waals surface area contributed by atoms with Gasteiger partial charge in [0.05, 0.1) is 25.0 Å². The van der Waals surface area contributed by atoms with E-state index in [0.29, 0.717) is 39.0 Å². The highest BCUT2D eigenvalue weighted by Crippen LogP contribution is 2.31. The normalized spacial score (nSPS) is 22.9. The molecule has 0 aromatic carbocycles. The Hall–Kier alpha value is -1.14. The zero-order valence-corrected chi connectivity index (χ0v) is 10.4. The van der Waals surface area contributed by atoms with Crippen molar-refractivity contribution in [3.63, 3.8) is 0 Å². The molecule has 0 heterocycles. The van der Waals surface area contributed by atoms with E-state index in [2.05, 4.69) is 5.32 Å². The number of carboxylic acids is 1. The molecular weight excluding hydrogens is 238 g/mol. The number of carboxylic acid groups (broad SMARTS) is 1. The first kappa shape index (κ1) is 14.9. The van der Waals surface area contributed by atoms with Gasteiger partial charge in [0.15, 0.2) is 0 Å². The van der Waals surface area contributed by atoms with Crippen molar-refractivity contribution >= 4 is 11.9 Å². The van der Waals surface area contributed by atoms with Gasteiger partial charge in [-0.15, -0.1) is 0 Å². The Morgan fingerprint density at radius 2 is 1.94 bits per heavy atom. The fraction of sp³-hybridized carbons (Fsp3) is 0.833. The van der Waals surface area contributed by atoms with Crippen molar-refractivity contribution in [1.29, 1.82) is 0 Å². The molecule has 18 heavy (non-hydrogen) atoms. The predicted octanol–water partition coefficient (Wildman–Crippen LogP) is 0.00250. The van der Waals surface area contributed by atoms with Crippen molar-refractivity contribution < 1.29 is 24.5 Å². The van der Waals surface area contributed by atoms with E-state index in [9.17, 15) is 9.59 Å². The second-order valence-corrected chi connectivity index (χ2v) is 4.46. The Labute approximate surface area is 106 Å². The van der Waals surface area contributed by atoms with Crippen LogP contribution in [0.5, 0.6) is 0 Å². The van der Waals surface area contributed by atoms with Crippen molar-refractivity contribution in [2.24, 2.45) is 11.8 Å². The molecule has 0 saturated heterocycles. The van der Waals surface area contributed by atoms with Crippen LogP contribution in [0.4, 0.5) is 0 Å². The SMILES string of the molecule is O=C(O)C1CCCC1C(=O)NCCCOCCO. The lowest BCUT2D eigenvalue weighted by Crippen LogP contribution is -2.36. The van der Waals surface area contributed by atoms with E-state index >= 15 is 0 Å². The molecule has 6 nitrogen and oxygen atoms in total. The Morgan fingerprint density at radius 3 is 2.61 bits per heavy atom. The molecule has 6 heteroatoms.